The van der Waals surface area contributed by atoms with Crippen LogP contribution >= 0.6 is 11.6 Å². The Balaban J connectivity index is 1.49. The largest absolute Gasteiger partial charge is 0.372 e. The summed E-state index contributed by atoms with van der Waals surface area (Å²) >= 11 is 6.70. The fourth-order valence-corrected chi connectivity index (χ4v) is 5.82. The predicted octanol–water partition coefficient (Wildman–Crippen LogP) is 4.79. The fourth-order valence-electron chi connectivity index (χ4n) is 5.43. The minimum Gasteiger partial charge on any atom is -0.372 e. The molecule has 0 radical (unpaired) electrons. The standard InChI is InChI=1S/C21H28ClN3O/c22-17-9-11-25(18-7-2-1-5-15(17)18)13-16-14-6-3-10-23-21(14)24-20(16)19-8-4-12-26-19/h3,6,10,15,17-19H,1-2,4-5,7-9,11-13H2,(H,23,24)/t15-,17-,18+,19-/m1/s1. The first-order valence-electron chi connectivity index (χ1n) is 10.3. The number of hydrogen-bond donors (Lipinski definition) is 1. The molecule has 0 unspecified atom stereocenters. The van der Waals surface area contributed by atoms with Gasteiger partial charge in [-0.25, -0.2) is 4.98 Å². The number of aromatic amines is 1. The van der Waals surface area contributed by atoms with Gasteiger partial charge in [-0.2, -0.15) is 0 Å². The molecule has 2 aliphatic heterocycles. The second kappa shape index (κ2) is 7.14. The first-order valence-corrected chi connectivity index (χ1v) is 10.7. The molecule has 2 saturated heterocycles. The topological polar surface area (TPSA) is 41.1 Å². The number of likely N-dealkylation sites (tertiary alicyclic amines) is 1. The SMILES string of the molecule is Cl[C@@H]1CCN(Cc2c([C@H]3CCCO3)[nH]c3ncccc23)[C@H]2CCCC[C@H]12. The van der Waals surface area contributed by atoms with Gasteiger partial charge in [0.15, 0.2) is 0 Å². The molecule has 4 heterocycles. The average Bonchev–Trinajstić information content (AvgIpc) is 3.32. The Bertz CT molecular complexity index is 770. The highest BCUT2D eigenvalue weighted by atomic mass is 35.5. The van der Waals surface area contributed by atoms with E-state index in [1.807, 2.05) is 12.3 Å². The van der Waals surface area contributed by atoms with Crippen molar-refractivity contribution in [3.05, 3.63) is 29.6 Å². The number of hydrogen-bond acceptors (Lipinski definition) is 3. The summed E-state index contributed by atoms with van der Waals surface area (Å²) in [4.78, 5) is 10.9. The lowest BCUT2D eigenvalue weighted by Gasteiger charge is -2.46. The number of rotatable bonds is 3. The van der Waals surface area contributed by atoms with Crippen molar-refractivity contribution in [1.29, 1.82) is 0 Å². The van der Waals surface area contributed by atoms with Crippen LogP contribution < -0.4 is 0 Å². The Hall–Kier alpha value is -1.10. The maximum absolute atomic E-state index is 6.70. The third-order valence-corrected chi connectivity index (χ3v) is 7.27. The van der Waals surface area contributed by atoms with E-state index < -0.39 is 0 Å². The molecule has 2 aromatic rings. The molecule has 0 bridgehead atoms. The maximum Gasteiger partial charge on any atom is 0.137 e. The van der Waals surface area contributed by atoms with Gasteiger partial charge in [-0.1, -0.05) is 12.8 Å². The monoisotopic (exact) mass is 373 g/mol. The minimum absolute atomic E-state index is 0.201. The van der Waals surface area contributed by atoms with Crippen LogP contribution in [0.4, 0.5) is 0 Å². The zero-order valence-electron chi connectivity index (χ0n) is 15.3. The van der Waals surface area contributed by atoms with E-state index in [0.717, 1.165) is 44.6 Å². The van der Waals surface area contributed by atoms with Crippen LogP contribution in [0, 0.1) is 5.92 Å². The molecule has 2 aromatic heterocycles. The molecule has 1 saturated carbocycles. The summed E-state index contributed by atoms with van der Waals surface area (Å²) < 4.78 is 6.02. The van der Waals surface area contributed by atoms with Crippen LogP contribution in [-0.4, -0.2) is 39.4 Å². The molecule has 3 aliphatic rings. The highest BCUT2D eigenvalue weighted by Gasteiger charge is 2.39. The van der Waals surface area contributed by atoms with Crippen molar-refractivity contribution in [3.63, 3.8) is 0 Å². The number of fused-ring (bicyclic) bond motifs is 2. The Morgan fingerprint density at radius 1 is 1.19 bits per heavy atom. The van der Waals surface area contributed by atoms with Gasteiger partial charge in [0.05, 0.1) is 11.8 Å². The Morgan fingerprint density at radius 3 is 3.00 bits per heavy atom. The number of nitrogens with one attached hydrogen (secondary N) is 1. The molecule has 0 spiro atoms. The number of aromatic nitrogens is 2. The number of H-pyrrole nitrogens is 1. The molecule has 26 heavy (non-hydrogen) atoms. The molecule has 4 nitrogen and oxygen atoms in total. The summed E-state index contributed by atoms with van der Waals surface area (Å²) in [5, 5.41) is 1.62. The maximum atomic E-state index is 6.70. The molecule has 1 N–H and O–H groups in total. The van der Waals surface area contributed by atoms with Gasteiger partial charge in [-0.3, -0.25) is 4.90 Å². The van der Waals surface area contributed by atoms with Crippen molar-refractivity contribution in [2.75, 3.05) is 13.2 Å². The molecule has 140 valence electrons. The van der Waals surface area contributed by atoms with Crippen molar-refractivity contribution < 1.29 is 4.74 Å². The molecular formula is C21H28ClN3O. The lowest BCUT2D eigenvalue weighted by molar-refractivity contribution is 0.0562. The second-order valence-electron chi connectivity index (χ2n) is 8.21. The smallest absolute Gasteiger partial charge is 0.137 e. The summed E-state index contributed by atoms with van der Waals surface area (Å²) in [7, 11) is 0. The van der Waals surface area contributed by atoms with E-state index in [2.05, 4.69) is 20.9 Å². The van der Waals surface area contributed by atoms with Gasteiger partial charge in [0.2, 0.25) is 0 Å². The molecule has 0 aromatic carbocycles. The van der Waals surface area contributed by atoms with Gasteiger partial charge < -0.3 is 9.72 Å². The number of nitrogens with zero attached hydrogens (tertiary/aromatic N) is 2. The molecule has 5 rings (SSSR count). The molecule has 4 atom stereocenters. The third-order valence-electron chi connectivity index (χ3n) is 6.73. The fraction of sp³-hybridized carbons (Fsp3) is 0.667. The van der Waals surface area contributed by atoms with E-state index in [0.29, 0.717) is 17.3 Å². The number of alkyl halides is 1. The highest BCUT2D eigenvalue weighted by molar-refractivity contribution is 6.20. The van der Waals surface area contributed by atoms with E-state index in [4.69, 9.17) is 16.3 Å². The molecule has 1 aliphatic carbocycles. The van der Waals surface area contributed by atoms with Crippen molar-refractivity contribution in [2.24, 2.45) is 5.92 Å². The number of pyridine rings is 1. The first kappa shape index (κ1) is 17.0. The Kier molecular flexibility index (Phi) is 4.68. The van der Waals surface area contributed by atoms with E-state index in [1.54, 1.807) is 0 Å². The van der Waals surface area contributed by atoms with Gasteiger partial charge in [-0.05, 0) is 55.7 Å². The van der Waals surface area contributed by atoms with Crippen LogP contribution in [0.5, 0.6) is 0 Å². The predicted molar refractivity (Wildman–Crippen MR) is 104 cm³/mol. The lowest BCUT2D eigenvalue weighted by Crippen LogP contribution is -2.50. The van der Waals surface area contributed by atoms with Gasteiger partial charge in [0, 0.05) is 42.7 Å². The van der Waals surface area contributed by atoms with Gasteiger partial charge in [-0.15, -0.1) is 11.6 Å². The number of halogens is 1. The van der Waals surface area contributed by atoms with Gasteiger partial charge in [0.1, 0.15) is 5.65 Å². The normalized spacial score (nSPS) is 32.8. The van der Waals surface area contributed by atoms with Crippen LogP contribution in [0.25, 0.3) is 11.0 Å². The van der Waals surface area contributed by atoms with Crippen LogP contribution in [0.3, 0.4) is 0 Å². The van der Waals surface area contributed by atoms with Crippen molar-refractivity contribution in [2.45, 2.75) is 69.0 Å². The summed E-state index contributed by atoms with van der Waals surface area (Å²) in [6.07, 6.45) is 10.7. The highest BCUT2D eigenvalue weighted by Crippen LogP contribution is 2.40. The van der Waals surface area contributed by atoms with E-state index in [9.17, 15) is 0 Å². The number of piperidine rings is 1. The summed E-state index contributed by atoms with van der Waals surface area (Å²) in [6, 6.07) is 4.89. The van der Waals surface area contributed by atoms with Crippen LogP contribution in [0.15, 0.2) is 18.3 Å². The second-order valence-corrected chi connectivity index (χ2v) is 8.77. The average molecular weight is 374 g/mol. The lowest BCUT2D eigenvalue weighted by atomic mass is 9.78. The minimum atomic E-state index is 0.201. The molecule has 3 fully saturated rings. The van der Waals surface area contributed by atoms with Crippen LogP contribution in [0.1, 0.15) is 62.3 Å². The zero-order chi connectivity index (χ0) is 17.5. The zero-order valence-corrected chi connectivity index (χ0v) is 16.0. The van der Waals surface area contributed by atoms with Crippen LogP contribution in [-0.2, 0) is 11.3 Å². The third kappa shape index (κ3) is 2.96. The summed E-state index contributed by atoms with van der Waals surface area (Å²) in [6.45, 7) is 2.97. The van der Waals surface area contributed by atoms with Crippen molar-refractivity contribution in [1.82, 2.24) is 14.9 Å². The Morgan fingerprint density at radius 2 is 2.12 bits per heavy atom. The summed E-state index contributed by atoms with van der Waals surface area (Å²) in [5.41, 5.74) is 3.66. The van der Waals surface area contributed by atoms with E-state index >= 15 is 0 Å². The Labute approximate surface area is 160 Å². The van der Waals surface area contributed by atoms with Crippen molar-refractivity contribution >= 4 is 22.6 Å². The number of ether oxygens (including phenoxy) is 1. The van der Waals surface area contributed by atoms with Crippen molar-refractivity contribution in [3.8, 4) is 0 Å². The molecular weight excluding hydrogens is 346 g/mol. The van der Waals surface area contributed by atoms with E-state index in [-0.39, 0.29) is 6.10 Å². The van der Waals surface area contributed by atoms with Gasteiger partial charge >= 0.3 is 0 Å². The van der Waals surface area contributed by atoms with E-state index in [1.165, 1.54) is 42.3 Å². The van der Waals surface area contributed by atoms with Crippen LogP contribution in [0.2, 0.25) is 0 Å². The molecule has 5 heteroatoms. The first-order chi connectivity index (χ1) is 12.8. The van der Waals surface area contributed by atoms with Gasteiger partial charge in [0.25, 0.3) is 0 Å². The molecule has 0 amide bonds. The quantitative estimate of drug-likeness (QED) is 0.786. The summed E-state index contributed by atoms with van der Waals surface area (Å²) in [5.74, 6) is 0.661.